The minimum absolute atomic E-state index is 0.164. The number of carbonyl (C=O) groups excluding carboxylic acids is 3. The molecule has 0 radical (unpaired) electrons. The lowest BCUT2D eigenvalue weighted by Gasteiger charge is -2.30. The number of nitrogens with one attached hydrogen (secondary N) is 3. The predicted octanol–water partition coefficient (Wildman–Crippen LogP) is 3.30. The van der Waals surface area contributed by atoms with Gasteiger partial charge in [0.15, 0.2) is 0 Å². The summed E-state index contributed by atoms with van der Waals surface area (Å²) in [4.78, 5) is 43.1. The molecule has 1 aliphatic rings. The number of fused-ring (bicyclic) bond motifs is 1. The van der Waals surface area contributed by atoms with Crippen LogP contribution in [-0.4, -0.2) is 52.6 Å². The molecular weight excluding hydrogens is 422 g/mol. The summed E-state index contributed by atoms with van der Waals surface area (Å²) in [6, 6.07) is 8.85. The molecule has 33 heavy (non-hydrogen) atoms. The zero-order chi connectivity index (χ0) is 23.8. The van der Waals surface area contributed by atoms with Gasteiger partial charge in [-0.15, -0.1) is 0 Å². The average molecular weight is 456 g/mol. The van der Waals surface area contributed by atoms with Crippen molar-refractivity contribution in [1.82, 2.24) is 20.7 Å². The number of benzene rings is 1. The fraction of sp³-hybridized carbons (Fsp3) is 0.500. The quantitative estimate of drug-likeness (QED) is 0.341. The van der Waals surface area contributed by atoms with Crippen LogP contribution in [0.2, 0.25) is 0 Å². The minimum atomic E-state index is -0.610. The van der Waals surface area contributed by atoms with Crippen molar-refractivity contribution in [3.05, 3.63) is 36.5 Å². The van der Waals surface area contributed by atoms with Crippen LogP contribution in [0.4, 0.5) is 10.5 Å². The van der Waals surface area contributed by atoms with Crippen LogP contribution < -0.4 is 16.1 Å². The summed E-state index contributed by atoms with van der Waals surface area (Å²) < 4.78 is 0. The van der Waals surface area contributed by atoms with E-state index in [1.807, 2.05) is 44.2 Å². The molecule has 0 aliphatic heterocycles. The molecule has 4 N–H and O–H groups in total. The maximum atomic E-state index is 13.0. The fourth-order valence-electron chi connectivity index (χ4n) is 4.25. The zero-order valence-electron chi connectivity index (χ0n) is 19.3. The van der Waals surface area contributed by atoms with Crippen LogP contribution in [0.3, 0.4) is 0 Å². The number of aromatic nitrogens is 1. The van der Waals surface area contributed by atoms with E-state index < -0.39 is 11.3 Å². The molecule has 0 spiro atoms. The Morgan fingerprint density at radius 3 is 2.64 bits per heavy atom. The number of amides is 4. The van der Waals surface area contributed by atoms with Crippen LogP contribution in [-0.2, 0) is 9.59 Å². The van der Waals surface area contributed by atoms with Crippen molar-refractivity contribution in [2.45, 2.75) is 46.0 Å². The van der Waals surface area contributed by atoms with Crippen molar-refractivity contribution < 1.29 is 19.6 Å². The second-order valence-electron chi connectivity index (χ2n) is 9.48. The summed E-state index contributed by atoms with van der Waals surface area (Å²) in [5, 5.41) is 15.4. The third-order valence-corrected chi connectivity index (χ3v) is 6.02. The maximum absolute atomic E-state index is 13.0. The normalized spacial score (nSPS) is 14.2. The van der Waals surface area contributed by atoms with Gasteiger partial charge in [-0.05, 0) is 48.4 Å². The van der Waals surface area contributed by atoms with E-state index >= 15 is 0 Å². The third-order valence-electron chi connectivity index (χ3n) is 6.02. The Kier molecular flexibility index (Phi) is 8.21. The van der Waals surface area contributed by atoms with E-state index in [2.05, 4.69) is 15.6 Å². The van der Waals surface area contributed by atoms with Gasteiger partial charge in [0.2, 0.25) is 5.91 Å². The number of hydrogen-bond acceptors (Lipinski definition) is 5. The van der Waals surface area contributed by atoms with Gasteiger partial charge >= 0.3 is 6.03 Å². The first-order valence-electron chi connectivity index (χ1n) is 11.4. The first kappa shape index (κ1) is 24.4. The largest absolute Gasteiger partial charge is 0.337 e. The summed E-state index contributed by atoms with van der Waals surface area (Å²) in [6.07, 6.45) is 6.22. The van der Waals surface area contributed by atoms with Crippen molar-refractivity contribution in [3.8, 4) is 0 Å². The standard InChI is InChI=1S/C24H33N5O4/c1-24(2,13-22(31)29(15-21(30)28-33)14-17-7-3-4-8-17)16-26-23(32)27-20-11-5-10-19-18(20)9-6-12-25-19/h5-6,9-12,17,33H,3-4,7-8,13-16H2,1-2H3,(H,28,30)(H2,26,27,32). The van der Waals surface area contributed by atoms with Gasteiger partial charge in [0.25, 0.3) is 5.91 Å². The Balaban J connectivity index is 1.56. The highest BCUT2D eigenvalue weighted by Crippen LogP contribution is 2.27. The number of hydroxylamine groups is 1. The van der Waals surface area contributed by atoms with Gasteiger partial charge in [0.1, 0.15) is 6.54 Å². The van der Waals surface area contributed by atoms with Gasteiger partial charge in [-0.3, -0.25) is 19.8 Å². The number of hydrogen-bond donors (Lipinski definition) is 4. The molecule has 9 heteroatoms. The smallest absolute Gasteiger partial charge is 0.319 e. The van der Waals surface area contributed by atoms with E-state index in [9.17, 15) is 14.4 Å². The molecule has 0 bridgehead atoms. The summed E-state index contributed by atoms with van der Waals surface area (Å²) >= 11 is 0. The Morgan fingerprint density at radius 1 is 1.15 bits per heavy atom. The van der Waals surface area contributed by atoms with Crippen LogP contribution in [0, 0.1) is 11.3 Å². The highest BCUT2D eigenvalue weighted by molar-refractivity contribution is 6.00. The zero-order valence-corrected chi connectivity index (χ0v) is 19.3. The predicted molar refractivity (Wildman–Crippen MR) is 126 cm³/mol. The molecule has 9 nitrogen and oxygen atoms in total. The molecule has 1 aromatic heterocycles. The number of nitrogens with zero attached hydrogens (tertiary/aromatic N) is 2. The van der Waals surface area contributed by atoms with Crippen LogP contribution >= 0.6 is 0 Å². The summed E-state index contributed by atoms with van der Waals surface area (Å²) in [5.74, 6) is -0.401. The van der Waals surface area contributed by atoms with E-state index in [4.69, 9.17) is 5.21 Å². The lowest BCUT2D eigenvalue weighted by atomic mass is 9.88. The van der Waals surface area contributed by atoms with E-state index in [1.54, 1.807) is 11.7 Å². The monoisotopic (exact) mass is 455 g/mol. The van der Waals surface area contributed by atoms with Crippen LogP contribution in [0.25, 0.3) is 10.9 Å². The van der Waals surface area contributed by atoms with Crippen molar-refractivity contribution in [2.24, 2.45) is 11.3 Å². The second kappa shape index (κ2) is 11.1. The maximum Gasteiger partial charge on any atom is 0.319 e. The molecule has 1 heterocycles. The molecule has 1 aromatic carbocycles. The van der Waals surface area contributed by atoms with Crippen molar-refractivity contribution in [2.75, 3.05) is 25.0 Å². The molecule has 1 aliphatic carbocycles. The van der Waals surface area contributed by atoms with Gasteiger partial charge in [-0.1, -0.05) is 32.8 Å². The molecule has 0 atom stereocenters. The van der Waals surface area contributed by atoms with Crippen molar-refractivity contribution >= 4 is 34.4 Å². The third kappa shape index (κ3) is 7.15. The van der Waals surface area contributed by atoms with Crippen LogP contribution in [0.5, 0.6) is 0 Å². The van der Waals surface area contributed by atoms with Crippen molar-refractivity contribution in [3.63, 3.8) is 0 Å². The van der Waals surface area contributed by atoms with E-state index in [1.165, 1.54) is 4.90 Å². The van der Waals surface area contributed by atoms with Crippen molar-refractivity contribution in [1.29, 1.82) is 0 Å². The SMILES string of the molecule is CC(C)(CNC(=O)Nc1cccc2ncccc12)CC(=O)N(CC(=O)NO)CC1CCCC1. The Bertz CT molecular complexity index is 982. The number of carbonyl (C=O) groups is 3. The highest BCUT2D eigenvalue weighted by Gasteiger charge is 2.29. The van der Waals surface area contributed by atoms with E-state index in [-0.39, 0.29) is 31.4 Å². The molecule has 4 amide bonds. The highest BCUT2D eigenvalue weighted by atomic mass is 16.5. The summed E-state index contributed by atoms with van der Waals surface area (Å²) in [6.45, 7) is 4.40. The molecule has 0 saturated heterocycles. The van der Waals surface area contributed by atoms with Gasteiger partial charge in [0, 0.05) is 31.1 Å². The molecule has 1 saturated carbocycles. The molecule has 3 rings (SSSR count). The molecule has 2 aromatic rings. The van der Waals surface area contributed by atoms with Gasteiger partial charge in [0.05, 0.1) is 11.2 Å². The summed E-state index contributed by atoms with van der Waals surface area (Å²) in [7, 11) is 0. The number of rotatable bonds is 9. The lowest BCUT2D eigenvalue weighted by Crippen LogP contribution is -2.45. The van der Waals surface area contributed by atoms with E-state index in [0.29, 0.717) is 18.2 Å². The van der Waals surface area contributed by atoms with Crippen LogP contribution in [0.1, 0.15) is 46.0 Å². The minimum Gasteiger partial charge on any atom is -0.337 e. The van der Waals surface area contributed by atoms with Gasteiger partial charge in [-0.2, -0.15) is 0 Å². The van der Waals surface area contributed by atoms with Crippen LogP contribution in [0.15, 0.2) is 36.5 Å². The van der Waals surface area contributed by atoms with Gasteiger partial charge in [-0.25, -0.2) is 10.3 Å². The Labute approximate surface area is 193 Å². The first-order valence-corrected chi connectivity index (χ1v) is 11.4. The first-order chi connectivity index (χ1) is 15.8. The number of urea groups is 1. The molecule has 1 fully saturated rings. The molecule has 178 valence electrons. The van der Waals surface area contributed by atoms with Gasteiger partial charge < -0.3 is 15.5 Å². The number of anilines is 1. The number of pyridine rings is 1. The molecular formula is C24H33N5O4. The molecule has 0 unspecified atom stereocenters. The topological polar surface area (TPSA) is 124 Å². The van der Waals surface area contributed by atoms with E-state index in [0.717, 1.165) is 36.6 Å². The second-order valence-corrected chi connectivity index (χ2v) is 9.48. The average Bonchev–Trinajstić information content (AvgIpc) is 3.30. The fourth-order valence-corrected chi connectivity index (χ4v) is 4.25. The lowest BCUT2D eigenvalue weighted by molar-refractivity contribution is -0.141. The Morgan fingerprint density at radius 2 is 1.91 bits per heavy atom. The summed E-state index contributed by atoms with van der Waals surface area (Å²) in [5.41, 5.74) is 2.53. The Hall–Kier alpha value is -3.20.